The van der Waals surface area contributed by atoms with E-state index in [9.17, 15) is 0 Å². The molecule has 7 aromatic carbocycles. The van der Waals surface area contributed by atoms with Gasteiger partial charge in [-0.25, -0.2) is 9.97 Å². The standard InChI is InChI=1S/C48H36N2S/c1-3-5-21-42-44(4-2)51-47-45(31-15-7-6-8-16-31)49-48(50-46(42)47)36-20-14-19-34(29-36)32-17-13-18-33(28-32)35-26-27-41-39-24-10-9-22-37(39)38-23-11-12-25-40(38)43(41)30-35/h5-30H,3-4H2,1-2H3/b21-5-. The summed E-state index contributed by atoms with van der Waals surface area (Å²) in [5.41, 5.74) is 10.1. The SMILES string of the molecule is CC/C=C\c1c(CC)sc2c(-c3ccccc3)nc(-c3cccc(-c4cccc(-c5ccc6c7ccccc7c7ccccc7c6c5)c4)c3)nc12. The summed E-state index contributed by atoms with van der Waals surface area (Å²) in [6.07, 6.45) is 6.43. The van der Waals surface area contributed by atoms with Crippen LogP contribution in [0, 0.1) is 0 Å². The number of hydrogen-bond donors (Lipinski definition) is 0. The lowest BCUT2D eigenvalue weighted by molar-refractivity contribution is 1.17. The highest BCUT2D eigenvalue weighted by molar-refractivity contribution is 7.19. The van der Waals surface area contributed by atoms with Crippen LogP contribution in [0.4, 0.5) is 0 Å². The van der Waals surface area contributed by atoms with Gasteiger partial charge < -0.3 is 0 Å². The van der Waals surface area contributed by atoms with Gasteiger partial charge in [0, 0.05) is 21.6 Å². The molecular formula is C48H36N2S. The minimum absolute atomic E-state index is 0.750. The fourth-order valence-corrected chi connectivity index (χ4v) is 8.61. The average molecular weight is 673 g/mol. The summed E-state index contributed by atoms with van der Waals surface area (Å²) in [4.78, 5) is 11.9. The molecule has 0 saturated heterocycles. The second-order valence-corrected chi connectivity index (χ2v) is 14.2. The lowest BCUT2D eigenvalue weighted by Crippen LogP contribution is -1.94. The van der Waals surface area contributed by atoms with E-state index in [1.54, 1.807) is 0 Å². The van der Waals surface area contributed by atoms with Gasteiger partial charge in [0.05, 0.1) is 15.9 Å². The summed E-state index contributed by atoms with van der Waals surface area (Å²) < 4.78 is 1.15. The van der Waals surface area contributed by atoms with Gasteiger partial charge in [0.15, 0.2) is 5.82 Å². The highest BCUT2D eigenvalue weighted by Crippen LogP contribution is 2.40. The summed E-state index contributed by atoms with van der Waals surface area (Å²) >= 11 is 1.82. The Morgan fingerprint density at radius 1 is 0.490 bits per heavy atom. The number of rotatable bonds is 7. The van der Waals surface area contributed by atoms with Crippen molar-refractivity contribution in [2.45, 2.75) is 26.7 Å². The molecule has 2 aromatic heterocycles. The summed E-state index contributed by atoms with van der Waals surface area (Å²) in [5, 5.41) is 7.74. The minimum Gasteiger partial charge on any atom is -0.226 e. The fourth-order valence-electron chi connectivity index (χ4n) is 7.43. The molecule has 0 N–H and O–H groups in total. The second-order valence-electron chi connectivity index (χ2n) is 13.1. The van der Waals surface area contributed by atoms with Gasteiger partial charge in [0.2, 0.25) is 0 Å². The highest BCUT2D eigenvalue weighted by atomic mass is 32.1. The van der Waals surface area contributed by atoms with E-state index < -0.39 is 0 Å². The third kappa shape index (κ3) is 5.51. The van der Waals surface area contributed by atoms with Gasteiger partial charge >= 0.3 is 0 Å². The number of hydrogen-bond acceptors (Lipinski definition) is 3. The zero-order chi connectivity index (χ0) is 34.3. The van der Waals surface area contributed by atoms with E-state index in [1.165, 1.54) is 53.9 Å². The molecule has 0 unspecified atom stereocenters. The van der Waals surface area contributed by atoms with E-state index in [2.05, 4.69) is 172 Å². The Morgan fingerprint density at radius 2 is 1.02 bits per heavy atom. The molecule has 9 rings (SSSR count). The first-order chi connectivity index (χ1) is 25.2. The predicted molar refractivity (Wildman–Crippen MR) is 220 cm³/mol. The molecule has 0 aliphatic carbocycles. The zero-order valence-electron chi connectivity index (χ0n) is 28.7. The first kappa shape index (κ1) is 31.1. The molecule has 0 bridgehead atoms. The molecular weight excluding hydrogens is 637 g/mol. The molecule has 0 spiro atoms. The summed E-state index contributed by atoms with van der Waals surface area (Å²) in [6.45, 7) is 4.40. The molecule has 0 radical (unpaired) electrons. The molecule has 0 amide bonds. The number of fused-ring (bicyclic) bond motifs is 7. The van der Waals surface area contributed by atoms with E-state index in [0.29, 0.717) is 0 Å². The van der Waals surface area contributed by atoms with Gasteiger partial charge in [-0.2, -0.15) is 0 Å². The van der Waals surface area contributed by atoms with E-state index >= 15 is 0 Å². The van der Waals surface area contributed by atoms with Gasteiger partial charge in [-0.05, 0) is 85.6 Å². The second kappa shape index (κ2) is 13.1. The van der Waals surface area contributed by atoms with E-state index in [-0.39, 0.29) is 0 Å². The predicted octanol–water partition coefficient (Wildman–Crippen LogP) is 13.8. The molecule has 0 aliphatic heterocycles. The first-order valence-electron chi connectivity index (χ1n) is 17.8. The average Bonchev–Trinajstić information content (AvgIpc) is 3.57. The maximum atomic E-state index is 5.28. The number of thiophene rings is 1. The van der Waals surface area contributed by atoms with Gasteiger partial charge in [-0.15, -0.1) is 11.3 Å². The quantitative estimate of drug-likeness (QED) is 0.158. The van der Waals surface area contributed by atoms with Crippen LogP contribution in [0.3, 0.4) is 0 Å². The van der Waals surface area contributed by atoms with Gasteiger partial charge in [0.1, 0.15) is 0 Å². The van der Waals surface area contributed by atoms with Crippen LogP contribution in [-0.2, 0) is 6.42 Å². The van der Waals surface area contributed by atoms with Crippen molar-refractivity contribution < 1.29 is 0 Å². The van der Waals surface area contributed by atoms with Crippen LogP contribution in [0.5, 0.6) is 0 Å². The Balaban J connectivity index is 1.16. The van der Waals surface area contributed by atoms with Crippen LogP contribution in [-0.4, -0.2) is 9.97 Å². The topological polar surface area (TPSA) is 25.8 Å². The van der Waals surface area contributed by atoms with Crippen LogP contribution < -0.4 is 0 Å². The number of allylic oxidation sites excluding steroid dienone is 1. The molecule has 51 heavy (non-hydrogen) atoms. The van der Waals surface area contributed by atoms with Crippen molar-refractivity contribution in [1.82, 2.24) is 9.97 Å². The largest absolute Gasteiger partial charge is 0.226 e. The smallest absolute Gasteiger partial charge is 0.160 e. The number of aromatic nitrogens is 2. The van der Waals surface area contributed by atoms with E-state index in [4.69, 9.17) is 9.97 Å². The van der Waals surface area contributed by atoms with Crippen molar-refractivity contribution in [3.05, 3.63) is 162 Å². The third-order valence-electron chi connectivity index (χ3n) is 9.93. The number of nitrogens with zero attached hydrogens (tertiary/aromatic N) is 2. The first-order valence-corrected chi connectivity index (χ1v) is 18.6. The van der Waals surface area contributed by atoms with E-state index in [0.717, 1.165) is 56.8 Å². The van der Waals surface area contributed by atoms with Crippen LogP contribution >= 0.6 is 11.3 Å². The molecule has 9 aromatic rings. The van der Waals surface area contributed by atoms with Crippen LogP contribution in [0.25, 0.3) is 93.5 Å². The maximum Gasteiger partial charge on any atom is 0.160 e. The molecule has 2 nitrogen and oxygen atoms in total. The van der Waals surface area contributed by atoms with Crippen molar-refractivity contribution in [2.24, 2.45) is 0 Å². The number of benzene rings is 7. The third-order valence-corrected chi connectivity index (χ3v) is 11.3. The Kier molecular flexibility index (Phi) is 7.99. The Morgan fingerprint density at radius 3 is 1.65 bits per heavy atom. The van der Waals surface area contributed by atoms with Crippen molar-refractivity contribution in [3.63, 3.8) is 0 Å². The fraction of sp³-hybridized carbons (Fsp3) is 0.0833. The lowest BCUT2D eigenvalue weighted by atomic mass is 9.91. The molecule has 2 heterocycles. The molecule has 244 valence electrons. The molecule has 0 atom stereocenters. The molecule has 0 aliphatic rings. The maximum absolute atomic E-state index is 5.28. The van der Waals surface area contributed by atoms with Crippen molar-refractivity contribution in [3.8, 4) is 44.9 Å². The lowest BCUT2D eigenvalue weighted by Gasteiger charge is -2.13. The van der Waals surface area contributed by atoms with E-state index in [1.807, 2.05) is 11.3 Å². The van der Waals surface area contributed by atoms with Crippen molar-refractivity contribution in [1.29, 1.82) is 0 Å². The van der Waals surface area contributed by atoms with Crippen LogP contribution in [0.15, 0.2) is 152 Å². The molecule has 3 heteroatoms. The van der Waals surface area contributed by atoms with Gasteiger partial charge in [0.25, 0.3) is 0 Å². The minimum atomic E-state index is 0.750. The summed E-state index contributed by atoms with van der Waals surface area (Å²) in [5.74, 6) is 0.750. The number of aryl methyl sites for hydroxylation is 1. The van der Waals surface area contributed by atoms with Crippen LogP contribution in [0.1, 0.15) is 30.7 Å². The van der Waals surface area contributed by atoms with Gasteiger partial charge in [-0.1, -0.05) is 153 Å². The van der Waals surface area contributed by atoms with Crippen molar-refractivity contribution >= 4 is 59.9 Å². The normalized spacial score (nSPS) is 11.8. The molecule has 0 fully saturated rings. The van der Waals surface area contributed by atoms with Crippen molar-refractivity contribution in [2.75, 3.05) is 0 Å². The monoisotopic (exact) mass is 672 g/mol. The van der Waals surface area contributed by atoms with Gasteiger partial charge in [-0.3, -0.25) is 0 Å². The molecule has 0 saturated carbocycles. The Hall–Kier alpha value is -5.90. The Bertz CT molecular complexity index is 2740. The Labute approximate surface area is 302 Å². The summed E-state index contributed by atoms with van der Waals surface area (Å²) in [6, 6.07) is 52.6. The summed E-state index contributed by atoms with van der Waals surface area (Å²) in [7, 11) is 0. The highest BCUT2D eigenvalue weighted by Gasteiger charge is 2.19. The zero-order valence-corrected chi connectivity index (χ0v) is 29.5. The van der Waals surface area contributed by atoms with Crippen LogP contribution in [0.2, 0.25) is 0 Å².